The lowest BCUT2D eigenvalue weighted by Gasteiger charge is -2.25. The van der Waals surface area contributed by atoms with Gasteiger partial charge in [0.1, 0.15) is 11.5 Å². The van der Waals surface area contributed by atoms with E-state index in [4.69, 9.17) is 9.15 Å². The number of allylic oxidation sites excluding steroid dienone is 1. The number of nitro benzene ring substituents is 1. The number of carbonyl (C=O) groups is 1. The molecule has 2 aromatic carbocycles. The molecule has 0 spiro atoms. The van der Waals surface area contributed by atoms with Crippen molar-refractivity contribution in [2.45, 2.75) is 44.7 Å². The minimum atomic E-state index is -0.713. The van der Waals surface area contributed by atoms with Crippen molar-refractivity contribution in [1.29, 1.82) is 0 Å². The summed E-state index contributed by atoms with van der Waals surface area (Å²) in [6, 6.07) is 15.0. The van der Waals surface area contributed by atoms with Crippen LogP contribution in [0.5, 0.6) is 0 Å². The van der Waals surface area contributed by atoms with Crippen LogP contribution in [0.1, 0.15) is 43.7 Å². The van der Waals surface area contributed by atoms with Gasteiger partial charge in [0.2, 0.25) is 0 Å². The van der Waals surface area contributed by atoms with E-state index < -0.39 is 16.9 Å². The maximum atomic E-state index is 13.9. The van der Waals surface area contributed by atoms with Crippen molar-refractivity contribution in [3.05, 3.63) is 113 Å². The molecule has 0 radical (unpaired) electrons. The number of nitro groups is 1. The predicted molar refractivity (Wildman–Crippen MR) is 159 cm³/mol. The number of carbonyl (C=O) groups excluding carboxylic acids is 1. The zero-order valence-electron chi connectivity index (χ0n) is 23.0. The SMILES string of the molecule is CSc1ccc([C@@H]2C(C(=O)OC(C)C)=C(C)N=c3s/c(=C\c4ccc(-c5cc([N+](=O)[O-])ccc5C)o4)c(=O)n32)cc1. The van der Waals surface area contributed by atoms with Crippen LogP contribution in [0.25, 0.3) is 17.4 Å². The number of thioether (sulfide) groups is 1. The summed E-state index contributed by atoms with van der Waals surface area (Å²) >= 11 is 2.80. The Morgan fingerprint density at radius 2 is 1.90 bits per heavy atom. The molecule has 3 heterocycles. The highest BCUT2D eigenvalue weighted by molar-refractivity contribution is 7.98. The number of fused-ring (bicyclic) bond motifs is 1. The largest absolute Gasteiger partial charge is 0.459 e. The molecule has 210 valence electrons. The molecule has 1 aliphatic rings. The fourth-order valence-corrected chi connectivity index (χ4v) is 6.09. The number of nitrogens with zero attached hydrogens (tertiary/aromatic N) is 3. The van der Waals surface area contributed by atoms with E-state index in [2.05, 4.69) is 4.99 Å². The molecule has 0 N–H and O–H groups in total. The minimum Gasteiger partial charge on any atom is -0.459 e. The first-order valence-electron chi connectivity index (χ1n) is 12.8. The van der Waals surface area contributed by atoms with Crippen LogP contribution in [-0.4, -0.2) is 27.8 Å². The van der Waals surface area contributed by atoms with E-state index in [0.717, 1.165) is 16.0 Å². The quantitative estimate of drug-likeness (QED) is 0.123. The number of non-ortho nitro benzene ring substituents is 1. The molecule has 0 aliphatic carbocycles. The van der Waals surface area contributed by atoms with Crippen LogP contribution in [-0.2, 0) is 9.53 Å². The van der Waals surface area contributed by atoms with Crippen molar-refractivity contribution in [2.24, 2.45) is 4.99 Å². The second-order valence-corrected chi connectivity index (χ2v) is 11.7. The van der Waals surface area contributed by atoms with Gasteiger partial charge in [-0.1, -0.05) is 29.5 Å². The van der Waals surface area contributed by atoms with Gasteiger partial charge in [0, 0.05) is 28.7 Å². The molecule has 0 fully saturated rings. The Balaban J connectivity index is 1.62. The molecular formula is C30H27N3O6S2. The van der Waals surface area contributed by atoms with Crippen molar-refractivity contribution < 1.29 is 18.9 Å². The average molecular weight is 590 g/mol. The summed E-state index contributed by atoms with van der Waals surface area (Å²) in [7, 11) is 0. The Kier molecular flexibility index (Phi) is 7.83. The van der Waals surface area contributed by atoms with Crippen molar-refractivity contribution in [3.8, 4) is 11.3 Å². The van der Waals surface area contributed by atoms with Crippen LogP contribution in [0.4, 0.5) is 5.69 Å². The Morgan fingerprint density at radius 1 is 1.17 bits per heavy atom. The highest BCUT2D eigenvalue weighted by Crippen LogP contribution is 2.32. The third-order valence-electron chi connectivity index (χ3n) is 6.61. The summed E-state index contributed by atoms with van der Waals surface area (Å²) in [5.41, 5.74) is 2.63. The van der Waals surface area contributed by atoms with E-state index in [9.17, 15) is 19.7 Å². The fourth-order valence-electron chi connectivity index (χ4n) is 4.66. The molecular weight excluding hydrogens is 562 g/mol. The Hall–Kier alpha value is -4.22. The van der Waals surface area contributed by atoms with Crippen LogP contribution in [0.2, 0.25) is 0 Å². The van der Waals surface area contributed by atoms with E-state index in [0.29, 0.717) is 37.7 Å². The molecule has 1 aliphatic heterocycles. The molecule has 9 nitrogen and oxygen atoms in total. The lowest BCUT2D eigenvalue weighted by Crippen LogP contribution is -2.40. The molecule has 41 heavy (non-hydrogen) atoms. The third kappa shape index (κ3) is 5.55. The number of aryl methyl sites for hydroxylation is 1. The molecule has 1 atom stereocenters. The van der Waals surface area contributed by atoms with E-state index in [-0.39, 0.29) is 17.4 Å². The number of benzene rings is 2. The van der Waals surface area contributed by atoms with Gasteiger partial charge >= 0.3 is 5.97 Å². The number of ether oxygens (including phenoxy) is 1. The highest BCUT2D eigenvalue weighted by atomic mass is 32.2. The number of hydrogen-bond acceptors (Lipinski definition) is 9. The topological polar surface area (TPSA) is 117 Å². The smallest absolute Gasteiger partial charge is 0.338 e. The van der Waals surface area contributed by atoms with Crippen LogP contribution in [0, 0.1) is 17.0 Å². The maximum Gasteiger partial charge on any atom is 0.338 e. The summed E-state index contributed by atoms with van der Waals surface area (Å²) in [5, 5.41) is 11.3. The van der Waals surface area contributed by atoms with Gasteiger partial charge in [0.05, 0.1) is 32.9 Å². The number of hydrogen-bond donors (Lipinski definition) is 0. The van der Waals surface area contributed by atoms with Crippen LogP contribution < -0.4 is 14.9 Å². The Labute approximate surface area is 243 Å². The summed E-state index contributed by atoms with van der Waals surface area (Å²) in [5.74, 6) is 0.344. The zero-order chi connectivity index (χ0) is 29.4. The first-order chi connectivity index (χ1) is 19.6. The summed E-state index contributed by atoms with van der Waals surface area (Å²) in [4.78, 5) is 44.1. The van der Waals surface area contributed by atoms with Crippen molar-refractivity contribution in [1.82, 2.24) is 4.57 Å². The summed E-state index contributed by atoms with van der Waals surface area (Å²) in [6.07, 6.45) is 3.27. The number of esters is 1. The molecule has 0 amide bonds. The van der Waals surface area contributed by atoms with E-state index in [1.54, 1.807) is 56.8 Å². The van der Waals surface area contributed by atoms with Gasteiger partial charge in [-0.3, -0.25) is 19.5 Å². The van der Waals surface area contributed by atoms with Gasteiger partial charge in [-0.15, -0.1) is 11.8 Å². The first-order valence-corrected chi connectivity index (χ1v) is 14.8. The lowest BCUT2D eigenvalue weighted by atomic mass is 9.96. The zero-order valence-corrected chi connectivity index (χ0v) is 24.7. The van der Waals surface area contributed by atoms with Crippen molar-refractivity contribution in [3.63, 3.8) is 0 Å². The number of furan rings is 1. The molecule has 11 heteroatoms. The molecule has 0 unspecified atom stereocenters. The predicted octanol–water partition coefficient (Wildman–Crippen LogP) is 5.39. The number of aromatic nitrogens is 1. The molecule has 0 saturated heterocycles. The second kappa shape index (κ2) is 11.3. The van der Waals surface area contributed by atoms with Gasteiger partial charge < -0.3 is 9.15 Å². The Morgan fingerprint density at radius 3 is 2.56 bits per heavy atom. The fraction of sp³-hybridized carbons (Fsp3) is 0.233. The number of rotatable bonds is 7. The lowest BCUT2D eigenvalue weighted by molar-refractivity contribution is -0.384. The molecule has 0 saturated carbocycles. The van der Waals surface area contributed by atoms with Gasteiger partial charge in [-0.25, -0.2) is 9.79 Å². The monoisotopic (exact) mass is 589 g/mol. The standard InChI is InChI=1S/C30H27N3O6S2/c1-16(2)38-29(35)26-18(4)31-30-32(27(26)19-7-11-22(40-5)12-8-19)28(34)25(41-30)15-21-10-13-24(39-21)23-14-20(33(36)37)9-6-17(23)3/h6-16,27H,1-5H3/b25-15-/t27-/m1/s1. The van der Waals surface area contributed by atoms with Gasteiger partial charge in [-0.05, 0) is 69.3 Å². The second-order valence-electron chi connectivity index (χ2n) is 9.77. The highest BCUT2D eigenvalue weighted by Gasteiger charge is 2.33. The van der Waals surface area contributed by atoms with Crippen LogP contribution in [0.15, 0.2) is 85.0 Å². The molecule has 2 aromatic heterocycles. The molecule has 4 aromatic rings. The maximum absolute atomic E-state index is 13.9. The van der Waals surface area contributed by atoms with E-state index in [1.807, 2.05) is 37.4 Å². The Bertz CT molecular complexity index is 1880. The van der Waals surface area contributed by atoms with Gasteiger partial charge in [0.15, 0.2) is 4.80 Å². The summed E-state index contributed by atoms with van der Waals surface area (Å²) in [6.45, 7) is 7.14. The van der Waals surface area contributed by atoms with Crippen molar-refractivity contribution >= 4 is 40.8 Å². The van der Waals surface area contributed by atoms with Gasteiger partial charge in [-0.2, -0.15) is 0 Å². The molecule has 5 rings (SSSR count). The first kappa shape index (κ1) is 28.3. The number of thiazole rings is 1. The van der Waals surface area contributed by atoms with E-state index >= 15 is 0 Å². The van der Waals surface area contributed by atoms with Crippen LogP contribution >= 0.6 is 23.1 Å². The third-order valence-corrected chi connectivity index (χ3v) is 8.34. The summed E-state index contributed by atoms with van der Waals surface area (Å²) < 4.78 is 13.5. The van der Waals surface area contributed by atoms with Crippen LogP contribution in [0.3, 0.4) is 0 Å². The minimum absolute atomic E-state index is 0.0374. The van der Waals surface area contributed by atoms with E-state index in [1.165, 1.54) is 28.0 Å². The van der Waals surface area contributed by atoms with Crippen molar-refractivity contribution in [2.75, 3.05) is 6.26 Å². The average Bonchev–Trinajstić information content (AvgIpc) is 3.51. The van der Waals surface area contributed by atoms with Gasteiger partial charge in [0.25, 0.3) is 11.2 Å². The molecule has 0 bridgehead atoms. The normalized spacial score (nSPS) is 15.2.